The summed E-state index contributed by atoms with van der Waals surface area (Å²) >= 11 is 0. The standard InChI is InChI=1S/C18H34N2/c1-7-17(5,8-2)15-10-11-16(20-15)18(6,9-3)13-12-14(4)19/h10-11,14,20H,7-9,12-13,19H2,1-6H3. The van der Waals surface area contributed by atoms with Gasteiger partial charge in [0.25, 0.3) is 0 Å². The second kappa shape index (κ2) is 6.80. The summed E-state index contributed by atoms with van der Waals surface area (Å²) < 4.78 is 0. The Kier molecular flexibility index (Phi) is 5.88. The van der Waals surface area contributed by atoms with E-state index in [4.69, 9.17) is 5.73 Å². The van der Waals surface area contributed by atoms with Crippen LogP contribution in [0.3, 0.4) is 0 Å². The van der Waals surface area contributed by atoms with Crippen LogP contribution >= 0.6 is 0 Å². The van der Waals surface area contributed by atoms with Crippen molar-refractivity contribution in [2.24, 2.45) is 5.73 Å². The van der Waals surface area contributed by atoms with Crippen molar-refractivity contribution >= 4 is 0 Å². The molecule has 0 fully saturated rings. The Balaban J connectivity index is 2.98. The van der Waals surface area contributed by atoms with Crippen molar-refractivity contribution in [3.63, 3.8) is 0 Å². The number of hydrogen-bond donors (Lipinski definition) is 2. The van der Waals surface area contributed by atoms with Gasteiger partial charge in [0.1, 0.15) is 0 Å². The maximum Gasteiger partial charge on any atom is 0.0209 e. The number of H-pyrrole nitrogens is 1. The van der Waals surface area contributed by atoms with E-state index in [0.29, 0.717) is 0 Å². The predicted octanol–water partition coefficient (Wildman–Crippen LogP) is 4.89. The minimum Gasteiger partial charge on any atom is -0.361 e. The highest BCUT2D eigenvalue weighted by atomic mass is 14.8. The normalized spacial score (nSPS) is 16.9. The smallest absolute Gasteiger partial charge is 0.0209 e. The molecule has 3 N–H and O–H groups in total. The fourth-order valence-corrected chi connectivity index (χ4v) is 2.78. The maximum atomic E-state index is 5.94. The summed E-state index contributed by atoms with van der Waals surface area (Å²) in [5, 5.41) is 0. The molecule has 116 valence electrons. The minimum absolute atomic E-state index is 0.217. The SMILES string of the molecule is CCC(C)(CC)c1ccc(C(C)(CC)CCC(C)N)[nH]1. The fraction of sp³-hybridized carbons (Fsp3) is 0.778. The van der Waals surface area contributed by atoms with Crippen molar-refractivity contribution in [1.29, 1.82) is 0 Å². The zero-order valence-electron chi connectivity index (χ0n) is 14.3. The lowest BCUT2D eigenvalue weighted by molar-refractivity contribution is 0.376. The summed E-state index contributed by atoms with van der Waals surface area (Å²) in [5.41, 5.74) is 9.19. The van der Waals surface area contributed by atoms with Gasteiger partial charge in [-0.05, 0) is 51.2 Å². The molecule has 0 aliphatic heterocycles. The van der Waals surface area contributed by atoms with Crippen LogP contribution in [0.25, 0.3) is 0 Å². The van der Waals surface area contributed by atoms with Crippen LogP contribution in [-0.4, -0.2) is 11.0 Å². The molecule has 0 saturated carbocycles. The molecule has 0 aliphatic rings. The first-order chi connectivity index (χ1) is 9.31. The quantitative estimate of drug-likeness (QED) is 0.698. The number of nitrogens with two attached hydrogens (primary N) is 1. The number of aromatic nitrogens is 1. The molecule has 0 spiro atoms. The molecule has 1 aromatic heterocycles. The van der Waals surface area contributed by atoms with Crippen molar-refractivity contribution in [2.75, 3.05) is 0 Å². The number of hydrogen-bond acceptors (Lipinski definition) is 1. The van der Waals surface area contributed by atoms with E-state index < -0.39 is 0 Å². The third-order valence-electron chi connectivity index (χ3n) is 5.48. The first-order valence-electron chi connectivity index (χ1n) is 8.27. The third-order valence-corrected chi connectivity index (χ3v) is 5.48. The van der Waals surface area contributed by atoms with Crippen molar-refractivity contribution < 1.29 is 0 Å². The van der Waals surface area contributed by atoms with E-state index in [1.807, 2.05) is 0 Å². The lowest BCUT2D eigenvalue weighted by Gasteiger charge is -2.30. The van der Waals surface area contributed by atoms with Crippen LogP contribution in [0.2, 0.25) is 0 Å². The van der Waals surface area contributed by atoms with Crippen molar-refractivity contribution in [1.82, 2.24) is 4.98 Å². The van der Waals surface area contributed by atoms with Crippen LogP contribution < -0.4 is 5.73 Å². The van der Waals surface area contributed by atoms with Crippen LogP contribution in [0.1, 0.15) is 85.0 Å². The zero-order chi connectivity index (χ0) is 15.4. The van der Waals surface area contributed by atoms with Crippen LogP contribution in [-0.2, 0) is 10.8 Å². The molecule has 2 nitrogen and oxygen atoms in total. The van der Waals surface area contributed by atoms with Gasteiger partial charge in [0.05, 0.1) is 0 Å². The Morgan fingerprint density at radius 2 is 1.45 bits per heavy atom. The number of rotatable bonds is 8. The number of aromatic amines is 1. The highest BCUT2D eigenvalue weighted by molar-refractivity contribution is 5.26. The Labute approximate surface area is 125 Å². The molecule has 0 aliphatic carbocycles. The largest absolute Gasteiger partial charge is 0.361 e. The molecule has 2 atom stereocenters. The van der Waals surface area contributed by atoms with E-state index in [-0.39, 0.29) is 16.9 Å². The molecule has 2 unspecified atom stereocenters. The maximum absolute atomic E-state index is 5.94. The molecule has 20 heavy (non-hydrogen) atoms. The topological polar surface area (TPSA) is 41.8 Å². The van der Waals surface area contributed by atoms with Gasteiger partial charge in [-0.1, -0.05) is 34.6 Å². The lowest BCUT2D eigenvalue weighted by Crippen LogP contribution is -2.26. The molecule has 1 heterocycles. The van der Waals surface area contributed by atoms with Gasteiger partial charge in [-0.2, -0.15) is 0 Å². The molecular formula is C18H34N2. The number of nitrogens with one attached hydrogen (secondary N) is 1. The summed E-state index contributed by atoms with van der Waals surface area (Å²) in [6, 6.07) is 4.87. The molecule has 0 saturated heterocycles. The van der Waals surface area contributed by atoms with Crippen LogP contribution in [0.5, 0.6) is 0 Å². The molecule has 0 aromatic carbocycles. The van der Waals surface area contributed by atoms with Gasteiger partial charge in [-0.25, -0.2) is 0 Å². The molecular weight excluding hydrogens is 244 g/mol. The average molecular weight is 278 g/mol. The van der Waals surface area contributed by atoms with E-state index >= 15 is 0 Å². The molecule has 1 rings (SSSR count). The minimum atomic E-state index is 0.217. The lowest BCUT2D eigenvalue weighted by atomic mass is 9.79. The Morgan fingerprint density at radius 3 is 1.85 bits per heavy atom. The summed E-state index contributed by atoms with van der Waals surface area (Å²) in [5.74, 6) is 0. The van der Waals surface area contributed by atoms with Gasteiger partial charge >= 0.3 is 0 Å². The highest BCUT2D eigenvalue weighted by Crippen LogP contribution is 2.36. The monoisotopic (exact) mass is 278 g/mol. The van der Waals surface area contributed by atoms with E-state index in [1.54, 1.807) is 0 Å². The van der Waals surface area contributed by atoms with E-state index in [9.17, 15) is 0 Å². The first-order valence-corrected chi connectivity index (χ1v) is 8.27. The van der Waals surface area contributed by atoms with Gasteiger partial charge in [-0.3, -0.25) is 0 Å². The summed E-state index contributed by atoms with van der Waals surface area (Å²) in [7, 11) is 0. The van der Waals surface area contributed by atoms with Crippen molar-refractivity contribution in [3.8, 4) is 0 Å². The first kappa shape index (κ1) is 17.3. The van der Waals surface area contributed by atoms with E-state index in [2.05, 4.69) is 58.7 Å². The fourth-order valence-electron chi connectivity index (χ4n) is 2.78. The molecule has 0 bridgehead atoms. The van der Waals surface area contributed by atoms with Crippen molar-refractivity contribution in [3.05, 3.63) is 23.5 Å². The highest BCUT2D eigenvalue weighted by Gasteiger charge is 2.29. The van der Waals surface area contributed by atoms with Gasteiger partial charge in [0.15, 0.2) is 0 Å². The summed E-state index contributed by atoms with van der Waals surface area (Å²) in [6.07, 6.45) is 5.72. The summed E-state index contributed by atoms with van der Waals surface area (Å²) in [4.78, 5) is 3.73. The van der Waals surface area contributed by atoms with Gasteiger partial charge in [0, 0.05) is 28.3 Å². The second-order valence-corrected chi connectivity index (χ2v) is 6.98. The van der Waals surface area contributed by atoms with E-state index in [0.717, 1.165) is 19.3 Å². The van der Waals surface area contributed by atoms with Gasteiger partial charge < -0.3 is 10.7 Å². The average Bonchev–Trinajstić information content (AvgIpc) is 2.94. The Bertz CT molecular complexity index is 401. The Morgan fingerprint density at radius 1 is 1.00 bits per heavy atom. The van der Waals surface area contributed by atoms with Gasteiger partial charge in [-0.15, -0.1) is 0 Å². The summed E-state index contributed by atoms with van der Waals surface area (Å²) in [6.45, 7) is 13.6. The third kappa shape index (κ3) is 3.66. The second-order valence-electron chi connectivity index (χ2n) is 6.98. The van der Waals surface area contributed by atoms with E-state index in [1.165, 1.54) is 24.2 Å². The molecule has 0 radical (unpaired) electrons. The van der Waals surface area contributed by atoms with Crippen LogP contribution in [0.4, 0.5) is 0 Å². The van der Waals surface area contributed by atoms with Crippen molar-refractivity contribution in [2.45, 2.75) is 90.5 Å². The van der Waals surface area contributed by atoms with Crippen LogP contribution in [0, 0.1) is 0 Å². The molecule has 2 heteroatoms. The van der Waals surface area contributed by atoms with Crippen LogP contribution in [0.15, 0.2) is 12.1 Å². The molecule has 0 amide bonds. The predicted molar refractivity (Wildman–Crippen MR) is 89.3 cm³/mol. The molecule has 1 aromatic rings. The zero-order valence-corrected chi connectivity index (χ0v) is 14.3. The Hall–Kier alpha value is -0.760. The van der Waals surface area contributed by atoms with Gasteiger partial charge in [0.2, 0.25) is 0 Å².